The summed E-state index contributed by atoms with van der Waals surface area (Å²) in [6.07, 6.45) is 4.72. The van der Waals surface area contributed by atoms with Crippen LogP contribution >= 0.6 is 11.3 Å². The van der Waals surface area contributed by atoms with Crippen LogP contribution in [0.5, 0.6) is 0 Å². The molecule has 0 radical (unpaired) electrons. The van der Waals surface area contributed by atoms with Gasteiger partial charge >= 0.3 is 0 Å². The normalized spacial score (nSPS) is 27.0. The molecule has 4 rings (SSSR count). The Morgan fingerprint density at radius 3 is 3.00 bits per heavy atom. The Morgan fingerprint density at radius 2 is 2.22 bits per heavy atom. The second-order valence-electron chi connectivity index (χ2n) is 6.46. The molecule has 3 atom stereocenters. The van der Waals surface area contributed by atoms with Gasteiger partial charge in [0, 0.05) is 36.5 Å². The molecule has 1 aromatic carbocycles. The molecule has 23 heavy (non-hydrogen) atoms. The van der Waals surface area contributed by atoms with Crippen molar-refractivity contribution in [1.82, 2.24) is 9.88 Å². The number of likely N-dealkylation sites (tertiary alicyclic amines) is 1. The molecule has 1 amide bonds. The van der Waals surface area contributed by atoms with Crippen molar-refractivity contribution >= 4 is 17.2 Å². The van der Waals surface area contributed by atoms with Crippen molar-refractivity contribution in [1.29, 1.82) is 0 Å². The number of amides is 1. The topological polar surface area (TPSA) is 33.2 Å². The molecule has 0 bridgehead atoms. The van der Waals surface area contributed by atoms with E-state index < -0.39 is 0 Å². The maximum atomic E-state index is 13.9. The molecule has 120 valence electrons. The fraction of sp³-hybridized carbons (Fsp3) is 0.444. The predicted molar refractivity (Wildman–Crippen MR) is 87.9 cm³/mol. The lowest BCUT2D eigenvalue weighted by atomic mass is 9.98. The Balaban J connectivity index is 1.43. The maximum absolute atomic E-state index is 13.9. The first-order valence-corrected chi connectivity index (χ1v) is 9.04. The molecular formula is C18H19FN2OS. The van der Waals surface area contributed by atoms with Gasteiger partial charge in [-0.1, -0.05) is 18.2 Å². The van der Waals surface area contributed by atoms with Crippen LogP contribution in [0.25, 0.3) is 0 Å². The molecule has 0 spiro atoms. The van der Waals surface area contributed by atoms with Gasteiger partial charge < -0.3 is 4.90 Å². The number of benzene rings is 1. The quantitative estimate of drug-likeness (QED) is 0.858. The largest absolute Gasteiger partial charge is 0.342 e. The third kappa shape index (κ3) is 2.90. The van der Waals surface area contributed by atoms with E-state index in [1.165, 1.54) is 6.07 Å². The van der Waals surface area contributed by atoms with Crippen molar-refractivity contribution in [2.75, 3.05) is 13.1 Å². The lowest BCUT2D eigenvalue weighted by molar-refractivity contribution is -0.133. The van der Waals surface area contributed by atoms with Gasteiger partial charge in [-0.05, 0) is 36.8 Å². The number of halogens is 1. The first kappa shape index (κ1) is 14.8. The highest BCUT2D eigenvalue weighted by molar-refractivity contribution is 7.09. The third-order valence-electron chi connectivity index (χ3n) is 4.95. The minimum Gasteiger partial charge on any atom is -0.342 e. The summed E-state index contributed by atoms with van der Waals surface area (Å²) in [6.45, 7) is 1.58. The SMILES string of the molecule is O=C([C@@H]1C[C@H]1c1ccccc1F)N1CCC[C@H](c2nccs2)C1. The van der Waals surface area contributed by atoms with Crippen molar-refractivity contribution in [2.45, 2.75) is 31.1 Å². The number of nitrogens with zero attached hydrogens (tertiary/aromatic N) is 2. The molecule has 1 saturated heterocycles. The predicted octanol–water partition coefficient (Wildman–Crippen LogP) is 3.79. The first-order valence-electron chi connectivity index (χ1n) is 8.16. The van der Waals surface area contributed by atoms with Gasteiger partial charge in [0.15, 0.2) is 0 Å². The van der Waals surface area contributed by atoms with Crippen molar-refractivity contribution in [3.63, 3.8) is 0 Å². The van der Waals surface area contributed by atoms with E-state index in [9.17, 15) is 9.18 Å². The van der Waals surface area contributed by atoms with Crippen LogP contribution < -0.4 is 0 Å². The molecule has 1 aliphatic heterocycles. The molecule has 5 heteroatoms. The zero-order chi connectivity index (χ0) is 15.8. The number of rotatable bonds is 3. The van der Waals surface area contributed by atoms with Gasteiger partial charge in [0.1, 0.15) is 5.82 Å². The van der Waals surface area contributed by atoms with Crippen molar-refractivity contribution in [2.24, 2.45) is 5.92 Å². The Hall–Kier alpha value is -1.75. The molecule has 1 saturated carbocycles. The molecule has 2 aliphatic rings. The van der Waals surface area contributed by atoms with E-state index in [4.69, 9.17) is 0 Å². The molecule has 1 aromatic heterocycles. The smallest absolute Gasteiger partial charge is 0.226 e. The van der Waals surface area contributed by atoms with Crippen LogP contribution in [0.1, 0.15) is 41.7 Å². The fourth-order valence-electron chi connectivity index (χ4n) is 3.64. The van der Waals surface area contributed by atoms with Crippen molar-refractivity contribution in [3.8, 4) is 0 Å². The summed E-state index contributed by atoms with van der Waals surface area (Å²) in [5.41, 5.74) is 0.694. The number of aromatic nitrogens is 1. The van der Waals surface area contributed by atoms with Gasteiger partial charge in [0.25, 0.3) is 0 Å². The zero-order valence-corrected chi connectivity index (χ0v) is 13.6. The van der Waals surface area contributed by atoms with Gasteiger partial charge in [-0.3, -0.25) is 4.79 Å². The van der Waals surface area contributed by atoms with Crippen molar-refractivity contribution in [3.05, 3.63) is 52.2 Å². The lowest BCUT2D eigenvalue weighted by Gasteiger charge is -2.32. The van der Waals surface area contributed by atoms with E-state index in [0.29, 0.717) is 11.5 Å². The summed E-state index contributed by atoms with van der Waals surface area (Å²) in [7, 11) is 0. The van der Waals surface area contributed by atoms with Crippen molar-refractivity contribution < 1.29 is 9.18 Å². The van der Waals surface area contributed by atoms with E-state index in [0.717, 1.165) is 37.4 Å². The summed E-state index contributed by atoms with van der Waals surface area (Å²) in [5.74, 6) is 0.385. The highest BCUT2D eigenvalue weighted by Crippen LogP contribution is 2.49. The molecule has 0 unspecified atom stereocenters. The summed E-state index contributed by atoms with van der Waals surface area (Å²) in [5, 5.41) is 3.12. The first-order chi connectivity index (χ1) is 11.2. The molecule has 3 nitrogen and oxygen atoms in total. The van der Waals surface area contributed by atoms with Gasteiger partial charge in [-0.2, -0.15) is 0 Å². The monoisotopic (exact) mass is 330 g/mol. The van der Waals surface area contributed by atoms with Crippen LogP contribution in [0.15, 0.2) is 35.8 Å². The summed E-state index contributed by atoms with van der Waals surface area (Å²) < 4.78 is 13.9. The molecular weight excluding hydrogens is 311 g/mol. The zero-order valence-electron chi connectivity index (χ0n) is 12.8. The van der Waals surface area contributed by atoms with Gasteiger partial charge in [-0.25, -0.2) is 9.37 Å². The minimum atomic E-state index is -0.188. The van der Waals surface area contributed by atoms with Crippen LogP contribution in [0, 0.1) is 11.7 Å². The van der Waals surface area contributed by atoms with Crippen LogP contribution in [0.3, 0.4) is 0 Å². The van der Waals surface area contributed by atoms with E-state index >= 15 is 0 Å². The van der Waals surface area contributed by atoms with Crippen LogP contribution in [0.2, 0.25) is 0 Å². The number of hydrogen-bond acceptors (Lipinski definition) is 3. The summed E-state index contributed by atoms with van der Waals surface area (Å²) >= 11 is 1.67. The number of carbonyl (C=O) groups is 1. The third-order valence-corrected chi connectivity index (χ3v) is 5.88. The standard InChI is InChI=1S/C18H19FN2OS/c19-16-6-2-1-5-13(16)14-10-15(14)18(22)21-8-3-4-12(11-21)17-20-7-9-23-17/h1-2,5-7,9,12,14-15H,3-4,8,10-11H2/t12-,14-,15+/m0/s1. The number of hydrogen-bond donors (Lipinski definition) is 0. The van der Waals surface area contributed by atoms with E-state index in [2.05, 4.69) is 4.98 Å². The Labute approximate surface area is 139 Å². The number of carbonyl (C=O) groups excluding carboxylic acids is 1. The fourth-order valence-corrected chi connectivity index (χ4v) is 4.40. The Bertz CT molecular complexity index is 703. The second-order valence-corrected chi connectivity index (χ2v) is 7.39. The van der Waals surface area contributed by atoms with Crippen LogP contribution in [-0.2, 0) is 4.79 Å². The minimum absolute atomic E-state index is 0.0399. The van der Waals surface area contributed by atoms with Gasteiger partial charge in [-0.15, -0.1) is 11.3 Å². The molecule has 2 fully saturated rings. The molecule has 1 aliphatic carbocycles. The Kier molecular flexibility index (Phi) is 3.89. The van der Waals surface area contributed by atoms with Crippen LogP contribution in [-0.4, -0.2) is 28.9 Å². The average Bonchev–Trinajstić information content (AvgIpc) is 3.17. The Morgan fingerprint density at radius 1 is 1.35 bits per heavy atom. The molecule has 2 aromatic rings. The lowest BCUT2D eigenvalue weighted by Crippen LogP contribution is -2.40. The number of thiazole rings is 1. The molecule has 2 heterocycles. The van der Waals surface area contributed by atoms with Gasteiger partial charge in [0.2, 0.25) is 5.91 Å². The van der Waals surface area contributed by atoms with E-state index in [1.54, 1.807) is 17.4 Å². The van der Waals surface area contributed by atoms with E-state index in [-0.39, 0.29) is 23.6 Å². The van der Waals surface area contributed by atoms with Crippen LogP contribution in [0.4, 0.5) is 4.39 Å². The average molecular weight is 330 g/mol. The van der Waals surface area contributed by atoms with E-state index in [1.807, 2.05) is 28.6 Å². The maximum Gasteiger partial charge on any atom is 0.226 e. The number of piperidine rings is 1. The second kappa shape index (κ2) is 6.04. The highest BCUT2D eigenvalue weighted by atomic mass is 32.1. The molecule has 0 N–H and O–H groups in total. The summed E-state index contributed by atoms with van der Waals surface area (Å²) in [6, 6.07) is 6.83. The highest BCUT2D eigenvalue weighted by Gasteiger charge is 2.47. The summed E-state index contributed by atoms with van der Waals surface area (Å²) in [4.78, 5) is 19.1. The van der Waals surface area contributed by atoms with Gasteiger partial charge in [0.05, 0.1) is 5.01 Å².